The molecule has 4 nitrogen and oxygen atoms in total. The molecule has 0 saturated carbocycles. The number of carboxylic acid groups (broad SMARTS) is 1. The molecule has 2 N–H and O–H groups in total. The first kappa shape index (κ1) is 15.1. The maximum Gasteiger partial charge on any atom is 0.303 e. The van der Waals surface area contributed by atoms with Crippen molar-refractivity contribution in [3.63, 3.8) is 0 Å². The third-order valence-electron chi connectivity index (χ3n) is 2.77. The maximum atomic E-state index is 13.5. The van der Waals surface area contributed by atoms with Crippen LogP contribution >= 0.6 is 0 Å². The molecule has 5 heteroatoms. The number of benzene rings is 1. The number of halogens is 1. The Balaban J connectivity index is 2.54. The highest BCUT2D eigenvalue weighted by Crippen LogP contribution is 2.11. The number of carbonyl (C=O) groups excluding carboxylic acids is 1. The second-order valence-electron chi connectivity index (χ2n) is 4.64. The number of hydrogen-bond acceptors (Lipinski definition) is 2. The van der Waals surface area contributed by atoms with Crippen molar-refractivity contribution in [2.75, 3.05) is 0 Å². The fourth-order valence-electron chi connectivity index (χ4n) is 1.75. The Hall–Kier alpha value is -1.91. The molecule has 0 saturated heterocycles. The van der Waals surface area contributed by atoms with Crippen LogP contribution in [0.2, 0.25) is 0 Å². The lowest BCUT2D eigenvalue weighted by Gasteiger charge is -2.14. The maximum absolute atomic E-state index is 13.5. The molecule has 0 aliphatic rings. The molecule has 104 valence electrons. The average molecular weight is 267 g/mol. The van der Waals surface area contributed by atoms with Crippen molar-refractivity contribution in [1.82, 2.24) is 5.32 Å². The predicted molar refractivity (Wildman–Crippen MR) is 69.6 cm³/mol. The van der Waals surface area contributed by atoms with E-state index in [1.165, 1.54) is 12.1 Å². The molecule has 0 bridgehead atoms. The molecule has 0 fully saturated rings. The van der Waals surface area contributed by atoms with Gasteiger partial charge in [0.25, 0.3) is 5.91 Å². The van der Waals surface area contributed by atoms with Gasteiger partial charge in [0.15, 0.2) is 0 Å². The number of amides is 1. The molecule has 19 heavy (non-hydrogen) atoms. The van der Waals surface area contributed by atoms with Gasteiger partial charge in [0.05, 0.1) is 5.56 Å². The van der Waals surface area contributed by atoms with Crippen LogP contribution in [0.5, 0.6) is 0 Å². The number of carboxylic acids is 1. The summed E-state index contributed by atoms with van der Waals surface area (Å²) in [5, 5.41) is 11.2. The first-order valence-electron chi connectivity index (χ1n) is 6.19. The standard InChI is InChI=1S/C14H18FNO3/c1-9-6-7-12(15)11(8-9)14(19)16-10(2)4-3-5-13(17)18/h6-8,10H,3-5H2,1-2H3,(H,16,19)(H,17,18). The fourth-order valence-corrected chi connectivity index (χ4v) is 1.75. The Labute approximate surface area is 111 Å². The Morgan fingerprint density at radius 2 is 2.11 bits per heavy atom. The minimum absolute atomic E-state index is 0.0186. The van der Waals surface area contributed by atoms with E-state index in [0.717, 1.165) is 5.56 Å². The van der Waals surface area contributed by atoms with E-state index in [0.29, 0.717) is 12.8 Å². The molecule has 0 aliphatic carbocycles. The van der Waals surface area contributed by atoms with Crippen molar-refractivity contribution in [2.45, 2.75) is 39.2 Å². The minimum atomic E-state index is -0.858. The molecule has 1 unspecified atom stereocenters. The van der Waals surface area contributed by atoms with Crippen molar-refractivity contribution in [1.29, 1.82) is 0 Å². The van der Waals surface area contributed by atoms with Crippen LogP contribution in [-0.4, -0.2) is 23.0 Å². The van der Waals surface area contributed by atoms with Crippen molar-refractivity contribution in [3.05, 3.63) is 35.1 Å². The van der Waals surface area contributed by atoms with E-state index < -0.39 is 17.7 Å². The largest absolute Gasteiger partial charge is 0.481 e. The normalized spacial score (nSPS) is 11.9. The van der Waals surface area contributed by atoms with Gasteiger partial charge >= 0.3 is 5.97 Å². The van der Waals surface area contributed by atoms with E-state index in [4.69, 9.17) is 5.11 Å². The summed E-state index contributed by atoms with van der Waals surface area (Å²) in [6, 6.07) is 4.17. The summed E-state index contributed by atoms with van der Waals surface area (Å²) < 4.78 is 13.5. The predicted octanol–water partition coefficient (Wildman–Crippen LogP) is 2.51. The summed E-state index contributed by atoms with van der Waals surface area (Å²) in [6.07, 6.45) is 1.09. The number of aryl methyl sites for hydroxylation is 1. The van der Waals surface area contributed by atoms with Crippen molar-refractivity contribution in [2.24, 2.45) is 0 Å². The lowest BCUT2D eigenvalue weighted by Crippen LogP contribution is -2.33. The zero-order chi connectivity index (χ0) is 14.4. The smallest absolute Gasteiger partial charge is 0.303 e. The quantitative estimate of drug-likeness (QED) is 0.832. The molecule has 1 amide bonds. The molecule has 0 aliphatic heterocycles. The van der Waals surface area contributed by atoms with E-state index in [-0.39, 0.29) is 18.0 Å². The molecule has 1 rings (SSSR count). The molecule has 0 spiro atoms. The Morgan fingerprint density at radius 1 is 1.42 bits per heavy atom. The van der Waals surface area contributed by atoms with E-state index in [1.807, 2.05) is 0 Å². The van der Waals surface area contributed by atoms with Gasteiger partial charge in [-0.3, -0.25) is 9.59 Å². The van der Waals surface area contributed by atoms with E-state index in [2.05, 4.69) is 5.32 Å². The van der Waals surface area contributed by atoms with Crippen LogP contribution in [0.15, 0.2) is 18.2 Å². The molecular weight excluding hydrogens is 249 g/mol. The van der Waals surface area contributed by atoms with Gasteiger partial charge in [-0.1, -0.05) is 11.6 Å². The van der Waals surface area contributed by atoms with Crippen molar-refractivity contribution in [3.8, 4) is 0 Å². The number of nitrogens with one attached hydrogen (secondary N) is 1. The van der Waals surface area contributed by atoms with Crippen LogP contribution < -0.4 is 5.32 Å². The second kappa shape index (κ2) is 6.87. The average Bonchev–Trinajstić information content (AvgIpc) is 2.31. The van der Waals surface area contributed by atoms with Gasteiger partial charge < -0.3 is 10.4 Å². The molecule has 0 aromatic heterocycles. The molecule has 0 heterocycles. The van der Waals surface area contributed by atoms with Gasteiger partial charge in [0.2, 0.25) is 0 Å². The Morgan fingerprint density at radius 3 is 2.74 bits per heavy atom. The lowest BCUT2D eigenvalue weighted by atomic mass is 10.1. The van der Waals surface area contributed by atoms with Gasteiger partial charge in [-0.15, -0.1) is 0 Å². The van der Waals surface area contributed by atoms with Crippen molar-refractivity contribution >= 4 is 11.9 Å². The summed E-state index contributed by atoms with van der Waals surface area (Å²) in [7, 11) is 0. The van der Waals surface area contributed by atoms with Gasteiger partial charge in [0, 0.05) is 12.5 Å². The number of aliphatic carboxylic acids is 1. The number of hydrogen-bond donors (Lipinski definition) is 2. The van der Waals surface area contributed by atoms with Crippen molar-refractivity contribution < 1.29 is 19.1 Å². The lowest BCUT2D eigenvalue weighted by molar-refractivity contribution is -0.137. The highest BCUT2D eigenvalue weighted by molar-refractivity contribution is 5.94. The van der Waals surface area contributed by atoms with Crippen LogP contribution in [0, 0.1) is 12.7 Å². The first-order chi connectivity index (χ1) is 8.90. The zero-order valence-corrected chi connectivity index (χ0v) is 11.1. The third-order valence-corrected chi connectivity index (χ3v) is 2.77. The van der Waals surface area contributed by atoms with Crippen LogP contribution in [0.1, 0.15) is 42.1 Å². The summed E-state index contributed by atoms with van der Waals surface area (Å²) >= 11 is 0. The SMILES string of the molecule is Cc1ccc(F)c(C(=O)NC(C)CCCC(=O)O)c1. The second-order valence-corrected chi connectivity index (χ2v) is 4.64. The molecule has 1 atom stereocenters. The molecular formula is C14H18FNO3. The minimum Gasteiger partial charge on any atom is -0.481 e. The van der Waals surface area contributed by atoms with Crippen LogP contribution in [0.25, 0.3) is 0 Å². The van der Waals surface area contributed by atoms with Gasteiger partial charge in [-0.05, 0) is 38.8 Å². The van der Waals surface area contributed by atoms with E-state index >= 15 is 0 Å². The van der Waals surface area contributed by atoms with E-state index in [1.54, 1.807) is 19.9 Å². The number of rotatable bonds is 6. The van der Waals surface area contributed by atoms with E-state index in [9.17, 15) is 14.0 Å². The van der Waals surface area contributed by atoms with Crippen LogP contribution in [0.4, 0.5) is 4.39 Å². The van der Waals surface area contributed by atoms with Gasteiger partial charge in [-0.25, -0.2) is 4.39 Å². The van der Waals surface area contributed by atoms with Gasteiger partial charge in [0.1, 0.15) is 5.82 Å². The summed E-state index contributed by atoms with van der Waals surface area (Å²) in [4.78, 5) is 22.2. The summed E-state index contributed by atoms with van der Waals surface area (Å²) in [5.41, 5.74) is 0.829. The van der Waals surface area contributed by atoms with Gasteiger partial charge in [-0.2, -0.15) is 0 Å². The third kappa shape index (κ3) is 5.07. The highest BCUT2D eigenvalue weighted by atomic mass is 19.1. The van der Waals surface area contributed by atoms with Crippen LogP contribution in [-0.2, 0) is 4.79 Å². The molecule has 1 aromatic carbocycles. The van der Waals surface area contributed by atoms with Crippen LogP contribution in [0.3, 0.4) is 0 Å². The number of carbonyl (C=O) groups is 2. The summed E-state index contributed by atoms with van der Waals surface area (Å²) in [6.45, 7) is 3.56. The fraction of sp³-hybridized carbons (Fsp3) is 0.429. The summed E-state index contributed by atoms with van der Waals surface area (Å²) in [5.74, 6) is -1.88. The Kier molecular flexibility index (Phi) is 5.48. The monoisotopic (exact) mass is 267 g/mol. The molecule has 0 radical (unpaired) electrons. The molecule has 1 aromatic rings. The topological polar surface area (TPSA) is 66.4 Å². The zero-order valence-electron chi connectivity index (χ0n) is 11.1. The Bertz CT molecular complexity index is 474. The first-order valence-corrected chi connectivity index (χ1v) is 6.19. The highest BCUT2D eigenvalue weighted by Gasteiger charge is 2.14.